The minimum Gasteiger partial charge on any atom is -0.493 e. The summed E-state index contributed by atoms with van der Waals surface area (Å²) >= 11 is 0. The van der Waals surface area contributed by atoms with E-state index in [0.717, 1.165) is 18.1 Å². The first-order valence-electron chi connectivity index (χ1n) is 8.89. The zero-order valence-corrected chi connectivity index (χ0v) is 15.3. The number of nitrogens with zero attached hydrogens (tertiary/aromatic N) is 2. The van der Waals surface area contributed by atoms with Crippen LogP contribution in [0.1, 0.15) is 12.0 Å². The van der Waals surface area contributed by atoms with Crippen molar-refractivity contribution in [1.29, 1.82) is 0 Å². The molecule has 1 aromatic heterocycles. The lowest BCUT2D eigenvalue weighted by Crippen LogP contribution is -2.18. The Labute approximate surface area is 159 Å². The van der Waals surface area contributed by atoms with Gasteiger partial charge in [-0.15, -0.1) is 0 Å². The van der Waals surface area contributed by atoms with Gasteiger partial charge in [-0.05, 0) is 29.8 Å². The van der Waals surface area contributed by atoms with Crippen LogP contribution >= 0.6 is 0 Å². The summed E-state index contributed by atoms with van der Waals surface area (Å²) < 4.78 is 5.54. The Morgan fingerprint density at radius 3 is 2.37 bits per heavy atom. The second-order valence-corrected chi connectivity index (χ2v) is 6.21. The standard InChI is InChI=1S/C22H23N3O2/c1-25(17-18-8-4-2-5-9-18)21-13-12-19(16-23-21)24-22(26)14-15-27-20-10-6-3-7-11-20/h2-13,16H,14-15,17H2,1H3,(H,24,26). The zero-order valence-electron chi connectivity index (χ0n) is 15.3. The van der Waals surface area contributed by atoms with Gasteiger partial charge in [-0.3, -0.25) is 4.79 Å². The van der Waals surface area contributed by atoms with Crippen LogP contribution in [0.5, 0.6) is 5.75 Å². The molecule has 0 atom stereocenters. The molecule has 3 rings (SSSR count). The second-order valence-electron chi connectivity index (χ2n) is 6.21. The van der Waals surface area contributed by atoms with Crippen molar-refractivity contribution in [2.75, 3.05) is 23.9 Å². The van der Waals surface area contributed by atoms with Crippen LogP contribution in [0.4, 0.5) is 11.5 Å². The van der Waals surface area contributed by atoms with E-state index in [4.69, 9.17) is 4.74 Å². The molecule has 0 saturated carbocycles. The van der Waals surface area contributed by atoms with Crippen LogP contribution in [0, 0.1) is 0 Å². The topological polar surface area (TPSA) is 54.5 Å². The third-order valence-electron chi connectivity index (χ3n) is 4.03. The number of benzene rings is 2. The molecule has 0 saturated heterocycles. The van der Waals surface area contributed by atoms with Gasteiger partial charge >= 0.3 is 0 Å². The molecule has 0 radical (unpaired) electrons. The van der Waals surface area contributed by atoms with Gasteiger partial charge in [0.25, 0.3) is 0 Å². The van der Waals surface area contributed by atoms with Gasteiger partial charge in [-0.1, -0.05) is 48.5 Å². The van der Waals surface area contributed by atoms with Crippen LogP contribution in [0.15, 0.2) is 79.0 Å². The Morgan fingerprint density at radius 2 is 1.70 bits per heavy atom. The Morgan fingerprint density at radius 1 is 1.00 bits per heavy atom. The summed E-state index contributed by atoms with van der Waals surface area (Å²) in [6, 6.07) is 23.4. The normalized spacial score (nSPS) is 10.3. The van der Waals surface area contributed by atoms with E-state index in [1.54, 1.807) is 6.20 Å². The summed E-state index contributed by atoms with van der Waals surface area (Å²) in [6.07, 6.45) is 1.96. The van der Waals surface area contributed by atoms with E-state index in [-0.39, 0.29) is 12.3 Å². The number of aromatic nitrogens is 1. The van der Waals surface area contributed by atoms with Gasteiger partial charge in [0, 0.05) is 13.6 Å². The number of carbonyl (C=O) groups excluding carboxylic acids is 1. The monoisotopic (exact) mass is 361 g/mol. The van der Waals surface area contributed by atoms with Gasteiger partial charge < -0.3 is 15.0 Å². The van der Waals surface area contributed by atoms with E-state index in [1.165, 1.54) is 5.56 Å². The van der Waals surface area contributed by atoms with Crippen LogP contribution in [0.25, 0.3) is 0 Å². The lowest BCUT2D eigenvalue weighted by Gasteiger charge is -2.18. The van der Waals surface area contributed by atoms with E-state index >= 15 is 0 Å². The molecule has 27 heavy (non-hydrogen) atoms. The van der Waals surface area contributed by atoms with Gasteiger partial charge in [-0.25, -0.2) is 4.98 Å². The molecular weight excluding hydrogens is 338 g/mol. The summed E-state index contributed by atoms with van der Waals surface area (Å²) in [6.45, 7) is 1.11. The Kier molecular flexibility index (Phi) is 6.41. The number of carbonyl (C=O) groups is 1. The smallest absolute Gasteiger partial charge is 0.227 e. The van der Waals surface area contributed by atoms with Crippen LogP contribution in [0.3, 0.4) is 0 Å². The summed E-state index contributed by atoms with van der Waals surface area (Å²) in [5.74, 6) is 1.51. The van der Waals surface area contributed by atoms with Gasteiger partial charge in [-0.2, -0.15) is 0 Å². The first-order chi connectivity index (χ1) is 13.2. The second kappa shape index (κ2) is 9.38. The molecule has 2 aromatic carbocycles. The highest BCUT2D eigenvalue weighted by Crippen LogP contribution is 2.16. The number of pyridine rings is 1. The predicted molar refractivity (Wildman–Crippen MR) is 108 cm³/mol. The van der Waals surface area contributed by atoms with Crippen LogP contribution in [0.2, 0.25) is 0 Å². The first-order valence-corrected chi connectivity index (χ1v) is 8.89. The minimum absolute atomic E-state index is 0.0990. The average Bonchev–Trinajstić information content (AvgIpc) is 2.70. The fraction of sp³-hybridized carbons (Fsp3) is 0.182. The van der Waals surface area contributed by atoms with Crippen molar-refractivity contribution >= 4 is 17.4 Å². The van der Waals surface area contributed by atoms with Crippen LogP contribution in [-0.2, 0) is 11.3 Å². The highest BCUT2D eigenvalue weighted by molar-refractivity contribution is 5.90. The number of rotatable bonds is 8. The number of nitrogens with one attached hydrogen (secondary N) is 1. The molecule has 0 bridgehead atoms. The first kappa shape index (κ1) is 18.5. The molecule has 0 fully saturated rings. The van der Waals surface area contributed by atoms with Crippen molar-refractivity contribution in [3.8, 4) is 5.75 Å². The van der Waals surface area contributed by atoms with Gasteiger partial charge in [0.1, 0.15) is 11.6 Å². The zero-order chi connectivity index (χ0) is 18.9. The molecule has 0 aliphatic heterocycles. The number of anilines is 2. The van der Waals surface area contributed by atoms with E-state index < -0.39 is 0 Å². The molecule has 1 amide bonds. The molecule has 5 heteroatoms. The summed E-state index contributed by atoms with van der Waals surface area (Å²) in [5, 5.41) is 2.84. The lowest BCUT2D eigenvalue weighted by atomic mass is 10.2. The molecule has 138 valence electrons. The van der Waals surface area contributed by atoms with Crippen LogP contribution in [-0.4, -0.2) is 24.5 Å². The van der Waals surface area contributed by atoms with Crippen molar-refractivity contribution in [1.82, 2.24) is 4.98 Å². The van der Waals surface area contributed by atoms with Crippen LogP contribution < -0.4 is 15.0 Å². The molecule has 0 aliphatic carbocycles. The molecular formula is C22H23N3O2. The molecule has 0 aliphatic rings. The molecule has 3 aromatic rings. The maximum atomic E-state index is 12.0. The van der Waals surface area contributed by atoms with Gasteiger partial charge in [0.05, 0.1) is 24.9 Å². The third kappa shape index (κ3) is 5.85. The SMILES string of the molecule is CN(Cc1ccccc1)c1ccc(NC(=O)CCOc2ccccc2)cn1. The van der Waals surface area contributed by atoms with Crippen molar-refractivity contribution in [2.45, 2.75) is 13.0 Å². The minimum atomic E-state index is -0.0990. The van der Waals surface area contributed by atoms with Crippen molar-refractivity contribution in [2.24, 2.45) is 0 Å². The molecule has 1 N–H and O–H groups in total. The van der Waals surface area contributed by atoms with E-state index in [0.29, 0.717) is 12.3 Å². The quantitative estimate of drug-likeness (QED) is 0.656. The average molecular weight is 361 g/mol. The Balaban J connectivity index is 1.46. The maximum Gasteiger partial charge on any atom is 0.227 e. The Hall–Kier alpha value is -3.34. The number of para-hydroxylation sites is 1. The fourth-order valence-electron chi connectivity index (χ4n) is 2.63. The van der Waals surface area contributed by atoms with Gasteiger partial charge in [0.2, 0.25) is 5.91 Å². The van der Waals surface area contributed by atoms with E-state index in [9.17, 15) is 4.79 Å². The van der Waals surface area contributed by atoms with Crippen molar-refractivity contribution < 1.29 is 9.53 Å². The summed E-state index contributed by atoms with van der Waals surface area (Å²) in [4.78, 5) is 18.5. The molecule has 0 unspecified atom stereocenters. The number of amides is 1. The summed E-state index contributed by atoms with van der Waals surface area (Å²) in [7, 11) is 1.99. The largest absolute Gasteiger partial charge is 0.493 e. The third-order valence-corrected chi connectivity index (χ3v) is 4.03. The number of hydrogen-bond acceptors (Lipinski definition) is 4. The highest BCUT2D eigenvalue weighted by Gasteiger charge is 2.06. The fourth-order valence-corrected chi connectivity index (χ4v) is 2.63. The lowest BCUT2D eigenvalue weighted by molar-refractivity contribution is -0.116. The van der Waals surface area contributed by atoms with Crippen molar-refractivity contribution in [3.63, 3.8) is 0 Å². The summed E-state index contributed by atoms with van der Waals surface area (Å²) in [5.41, 5.74) is 1.90. The molecule has 1 heterocycles. The predicted octanol–water partition coefficient (Wildman–Crippen LogP) is 4.13. The maximum absolute atomic E-state index is 12.0. The Bertz CT molecular complexity index is 836. The number of hydrogen-bond donors (Lipinski definition) is 1. The van der Waals surface area contributed by atoms with Gasteiger partial charge in [0.15, 0.2) is 0 Å². The molecule has 5 nitrogen and oxygen atoms in total. The van der Waals surface area contributed by atoms with Crippen molar-refractivity contribution in [3.05, 3.63) is 84.6 Å². The molecule has 0 spiro atoms. The number of ether oxygens (including phenoxy) is 1. The van der Waals surface area contributed by atoms with E-state index in [1.807, 2.05) is 67.7 Å². The highest BCUT2D eigenvalue weighted by atomic mass is 16.5. The van der Waals surface area contributed by atoms with E-state index in [2.05, 4.69) is 27.3 Å².